The van der Waals surface area contributed by atoms with E-state index in [4.69, 9.17) is 52.2 Å². The molecule has 3 aromatic rings. The molecule has 43 heavy (non-hydrogen) atoms. The molecule has 0 aliphatic carbocycles. The Bertz CT molecular complexity index is 1140. The normalized spacial score (nSPS) is 11.9. The van der Waals surface area contributed by atoms with Crippen LogP contribution in [0.15, 0.2) is 72.8 Å². The van der Waals surface area contributed by atoms with Crippen molar-refractivity contribution in [2.75, 3.05) is 37.0 Å². The van der Waals surface area contributed by atoms with E-state index in [2.05, 4.69) is 0 Å². The number of aliphatic hydroxyl groups is 2. The lowest BCUT2D eigenvalue weighted by Gasteiger charge is -2.16. The Morgan fingerprint density at radius 2 is 0.907 bits per heavy atom. The topological polar surface area (TPSA) is 249 Å². The van der Waals surface area contributed by atoms with Crippen molar-refractivity contribution in [2.24, 2.45) is 0 Å². The van der Waals surface area contributed by atoms with Crippen LogP contribution in [0.5, 0.6) is 0 Å². The number of benzene rings is 3. The van der Waals surface area contributed by atoms with Crippen LogP contribution in [0.3, 0.4) is 0 Å². The fourth-order valence-corrected chi connectivity index (χ4v) is 2.78. The highest BCUT2D eigenvalue weighted by molar-refractivity contribution is 5.94. The number of nitrogens with two attached hydrogens (primary N) is 3. The number of aromatic carboxylic acids is 3. The van der Waals surface area contributed by atoms with Crippen LogP contribution >= 0.6 is 0 Å². The molecule has 3 unspecified atom stereocenters. The van der Waals surface area contributed by atoms with E-state index in [1.54, 1.807) is 68.4 Å². The largest absolute Gasteiger partial charge is 0.478 e. The lowest BCUT2D eigenvalue weighted by molar-refractivity contribution is -0.0620. The van der Waals surface area contributed by atoms with Crippen LogP contribution in [0, 0.1) is 0 Å². The summed E-state index contributed by atoms with van der Waals surface area (Å²) in [5.41, 5.74) is 17.4. The fourth-order valence-electron chi connectivity index (χ4n) is 2.78. The third-order valence-corrected chi connectivity index (χ3v) is 5.07. The number of hydrogen-bond donors (Lipinski definition) is 8. The average molecular weight is 604 g/mol. The SMILES string of the molecule is CC(O)COC(C)COC(C)CO.Nc1ccccc1C(=O)O.Nc1ccccc1C(=O)O.Nc1ccccc1C(=O)O. The summed E-state index contributed by atoms with van der Waals surface area (Å²) >= 11 is 0. The van der Waals surface area contributed by atoms with Crippen LogP contribution in [-0.4, -0.2) is 81.6 Å². The molecule has 3 rings (SSSR count). The summed E-state index contributed by atoms with van der Waals surface area (Å²) in [5, 5.41) is 43.0. The molecule has 11 N–H and O–H groups in total. The second-order valence-corrected chi connectivity index (χ2v) is 9.00. The van der Waals surface area contributed by atoms with Crippen LogP contribution in [0.4, 0.5) is 17.1 Å². The van der Waals surface area contributed by atoms with E-state index < -0.39 is 24.0 Å². The van der Waals surface area contributed by atoms with Gasteiger partial charge in [0.25, 0.3) is 0 Å². The highest BCUT2D eigenvalue weighted by Crippen LogP contribution is 2.10. The Balaban J connectivity index is 0.000000550. The third kappa shape index (κ3) is 17.0. The van der Waals surface area contributed by atoms with E-state index in [9.17, 15) is 14.4 Å². The van der Waals surface area contributed by atoms with Crippen molar-refractivity contribution >= 4 is 35.0 Å². The molecular weight excluding hydrogens is 562 g/mol. The van der Waals surface area contributed by atoms with Gasteiger partial charge in [-0.1, -0.05) is 36.4 Å². The van der Waals surface area contributed by atoms with Gasteiger partial charge in [-0.05, 0) is 57.2 Å². The number of aliphatic hydroxyl groups excluding tert-OH is 2. The van der Waals surface area contributed by atoms with E-state index in [0.29, 0.717) is 30.3 Å². The molecule has 236 valence electrons. The van der Waals surface area contributed by atoms with Crippen molar-refractivity contribution < 1.29 is 49.4 Å². The van der Waals surface area contributed by atoms with E-state index >= 15 is 0 Å². The highest BCUT2D eigenvalue weighted by atomic mass is 16.5. The molecule has 0 amide bonds. The highest BCUT2D eigenvalue weighted by Gasteiger charge is 2.07. The predicted molar refractivity (Wildman–Crippen MR) is 163 cm³/mol. The minimum atomic E-state index is -0.988. The zero-order valence-corrected chi connectivity index (χ0v) is 24.3. The lowest BCUT2D eigenvalue weighted by Crippen LogP contribution is -2.24. The number of rotatable bonds is 10. The summed E-state index contributed by atoms with van der Waals surface area (Å²) in [6.45, 7) is 6.10. The Labute approximate surface area is 250 Å². The van der Waals surface area contributed by atoms with Gasteiger partial charge in [0.05, 0.1) is 54.8 Å². The Morgan fingerprint density at radius 3 is 1.14 bits per heavy atom. The smallest absolute Gasteiger partial charge is 0.337 e. The van der Waals surface area contributed by atoms with Crippen molar-refractivity contribution in [2.45, 2.75) is 39.1 Å². The van der Waals surface area contributed by atoms with Gasteiger partial charge in [0.15, 0.2) is 0 Å². The molecule has 3 atom stereocenters. The van der Waals surface area contributed by atoms with Gasteiger partial charge >= 0.3 is 17.9 Å². The molecule has 13 nitrogen and oxygen atoms in total. The van der Waals surface area contributed by atoms with Crippen molar-refractivity contribution in [1.29, 1.82) is 0 Å². The Morgan fingerprint density at radius 1 is 0.605 bits per heavy atom. The van der Waals surface area contributed by atoms with Gasteiger partial charge in [0, 0.05) is 17.1 Å². The van der Waals surface area contributed by atoms with Crippen molar-refractivity contribution in [1.82, 2.24) is 0 Å². The summed E-state index contributed by atoms with van der Waals surface area (Å²) in [5.74, 6) is -2.96. The van der Waals surface area contributed by atoms with Crippen LogP contribution < -0.4 is 17.2 Å². The summed E-state index contributed by atoms with van der Waals surface area (Å²) < 4.78 is 10.5. The van der Waals surface area contributed by atoms with Gasteiger partial charge in [-0.3, -0.25) is 0 Å². The molecule has 13 heteroatoms. The molecule has 0 bridgehead atoms. The van der Waals surface area contributed by atoms with Crippen molar-refractivity contribution in [3.63, 3.8) is 0 Å². The van der Waals surface area contributed by atoms with Gasteiger partial charge in [0.2, 0.25) is 0 Å². The molecule has 3 aromatic carbocycles. The molecule has 0 aliphatic rings. The van der Waals surface area contributed by atoms with E-state index in [1.807, 2.05) is 6.92 Å². The molecule has 0 saturated carbocycles. The summed E-state index contributed by atoms with van der Waals surface area (Å²) in [4.78, 5) is 31.0. The maximum atomic E-state index is 10.3. The fraction of sp³-hybridized carbons (Fsp3) is 0.300. The molecule has 0 spiro atoms. The second-order valence-electron chi connectivity index (χ2n) is 9.00. The first-order chi connectivity index (χ1) is 20.2. The molecule has 0 radical (unpaired) electrons. The molecular formula is C30H41N3O10. The molecule has 0 saturated heterocycles. The molecule has 0 heterocycles. The average Bonchev–Trinajstić information content (AvgIpc) is 2.96. The lowest BCUT2D eigenvalue weighted by atomic mass is 10.2. The van der Waals surface area contributed by atoms with E-state index in [0.717, 1.165) is 0 Å². The first-order valence-corrected chi connectivity index (χ1v) is 13.0. The third-order valence-electron chi connectivity index (χ3n) is 5.07. The monoisotopic (exact) mass is 603 g/mol. The van der Waals surface area contributed by atoms with Crippen LogP contribution in [0.25, 0.3) is 0 Å². The number of carboxylic acids is 3. The second kappa shape index (κ2) is 21.1. The van der Waals surface area contributed by atoms with E-state index in [-0.39, 0.29) is 35.5 Å². The van der Waals surface area contributed by atoms with Crippen LogP contribution in [0.1, 0.15) is 51.8 Å². The number of nitrogen functional groups attached to an aromatic ring is 3. The van der Waals surface area contributed by atoms with Crippen LogP contribution in [0.2, 0.25) is 0 Å². The van der Waals surface area contributed by atoms with Gasteiger partial charge in [0.1, 0.15) is 0 Å². The maximum absolute atomic E-state index is 10.3. The predicted octanol–water partition coefficient (Wildman–Crippen LogP) is 3.07. The first kappa shape index (κ1) is 38.3. The summed E-state index contributed by atoms with van der Waals surface area (Å²) in [7, 11) is 0. The quantitative estimate of drug-likeness (QED) is 0.155. The number of para-hydroxylation sites is 3. The molecule has 0 fully saturated rings. The summed E-state index contributed by atoms with van der Waals surface area (Å²) in [6.07, 6.45) is -0.654. The van der Waals surface area contributed by atoms with Gasteiger partial charge in [-0.2, -0.15) is 0 Å². The van der Waals surface area contributed by atoms with Crippen molar-refractivity contribution in [3.05, 3.63) is 89.5 Å². The molecule has 0 aromatic heterocycles. The number of ether oxygens (including phenoxy) is 2. The number of carbonyl (C=O) groups is 3. The Kier molecular flexibility index (Phi) is 18.8. The summed E-state index contributed by atoms with van der Waals surface area (Å²) in [6, 6.07) is 19.1. The minimum Gasteiger partial charge on any atom is -0.478 e. The Hall–Kier alpha value is -4.69. The minimum absolute atomic E-state index is 0.0170. The van der Waals surface area contributed by atoms with E-state index in [1.165, 1.54) is 18.2 Å². The maximum Gasteiger partial charge on any atom is 0.337 e. The first-order valence-electron chi connectivity index (χ1n) is 13.0. The standard InChI is InChI=1S/C9H20O4.3C7H7NO2/c1-7(11)5-12-9(3)6-13-8(2)4-10;3*8-6-4-2-1-3-5(6)7(9)10/h7-11H,4-6H2,1-3H3;3*1-4H,8H2,(H,9,10). The van der Waals surface area contributed by atoms with Crippen molar-refractivity contribution in [3.8, 4) is 0 Å². The number of hydrogen-bond acceptors (Lipinski definition) is 10. The van der Waals surface area contributed by atoms with Gasteiger partial charge in [-0.15, -0.1) is 0 Å². The number of carboxylic acid groups (broad SMARTS) is 3. The zero-order valence-electron chi connectivity index (χ0n) is 24.3. The van der Waals surface area contributed by atoms with Crippen LogP contribution in [-0.2, 0) is 9.47 Å². The molecule has 0 aliphatic heterocycles. The van der Waals surface area contributed by atoms with Gasteiger partial charge < -0.3 is 52.2 Å². The number of anilines is 3. The van der Waals surface area contributed by atoms with Gasteiger partial charge in [-0.25, -0.2) is 14.4 Å². The zero-order chi connectivity index (χ0) is 32.9.